The average molecular weight is 346 g/mol. The maximum atomic E-state index is 12.3. The number of hydrogen-bond donors (Lipinski definition) is 1. The maximum absolute atomic E-state index is 12.3. The molecule has 0 atom stereocenters. The largest absolute Gasteiger partial charge is 0.332 e. The minimum atomic E-state index is -0.179. The first-order valence-electron chi connectivity index (χ1n) is 6.73. The van der Waals surface area contributed by atoms with Crippen molar-refractivity contribution in [1.82, 2.24) is 14.5 Å². The molecule has 0 aliphatic heterocycles. The highest BCUT2D eigenvalue weighted by molar-refractivity contribution is 9.10. The molecule has 3 aromatic rings. The van der Waals surface area contributed by atoms with Crippen molar-refractivity contribution in [2.45, 2.75) is 26.2 Å². The van der Waals surface area contributed by atoms with Crippen molar-refractivity contribution in [1.29, 1.82) is 0 Å². The van der Waals surface area contributed by atoms with Crippen molar-refractivity contribution in [3.05, 3.63) is 57.0 Å². The molecule has 0 unspecified atom stereocenters. The zero-order valence-electron chi connectivity index (χ0n) is 12.1. The van der Waals surface area contributed by atoms with Crippen molar-refractivity contribution in [3.8, 4) is 5.82 Å². The summed E-state index contributed by atoms with van der Waals surface area (Å²) < 4.78 is 2.54. The summed E-state index contributed by atoms with van der Waals surface area (Å²) >= 11 is 3.41. The number of nitrogens with zero attached hydrogens (tertiary/aromatic N) is 2. The molecule has 1 aromatic carbocycles. The number of pyridine rings is 1. The van der Waals surface area contributed by atoms with E-state index in [0.717, 1.165) is 21.1 Å². The minimum Gasteiger partial charge on any atom is -0.305 e. The number of nitrogens with one attached hydrogen (secondary N) is 1. The monoisotopic (exact) mass is 345 g/mol. The molecule has 0 saturated carbocycles. The van der Waals surface area contributed by atoms with E-state index in [2.05, 4.69) is 46.7 Å². The quantitative estimate of drug-likeness (QED) is 0.729. The van der Waals surface area contributed by atoms with Crippen molar-refractivity contribution >= 4 is 27.0 Å². The second kappa shape index (κ2) is 4.84. The maximum Gasteiger partial charge on any atom is 0.332 e. The molecule has 0 fully saturated rings. The number of halogens is 1. The topological polar surface area (TPSA) is 50.7 Å². The van der Waals surface area contributed by atoms with Crippen LogP contribution >= 0.6 is 15.9 Å². The fourth-order valence-corrected chi connectivity index (χ4v) is 2.68. The Morgan fingerprint density at radius 1 is 1.19 bits per heavy atom. The van der Waals surface area contributed by atoms with Crippen LogP contribution < -0.4 is 5.69 Å². The third-order valence-electron chi connectivity index (χ3n) is 3.48. The number of hydrogen-bond acceptors (Lipinski definition) is 2. The van der Waals surface area contributed by atoms with Gasteiger partial charge >= 0.3 is 5.69 Å². The van der Waals surface area contributed by atoms with Crippen LogP contribution in [0.2, 0.25) is 0 Å². The molecule has 0 aliphatic carbocycles. The Balaban J connectivity index is 2.26. The lowest BCUT2D eigenvalue weighted by Gasteiger charge is -2.19. The molecule has 2 aromatic heterocycles. The second-order valence-electron chi connectivity index (χ2n) is 6.08. The molecule has 0 amide bonds. The highest BCUT2D eigenvalue weighted by Gasteiger charge is 2.16. The summed E-state index contributed by atoms with van der Waals surface area (Å²) in [5.74, 6) is 0.640. The molecular weight excluding hydrogens is 330 g/mol. The van der Waals surface area contributed by atoms with Gasteiger partial charge in [0.1, 0.15) is 5.82 Å². The van der Waals surface area contributed by atoms with Crippen LogP contribution in [0.3, 0.4) is 0 Å². The summed E-state index contributed by atoms with van der Waals surface area (Å²) in [5, 5.41) is 0. The number of fused-ring (bicyclic) bond motifs is 1. The van der Waals surface area contributed by atoms with Gasteiger partial charge in [-0.15, -0.1) is 0 Å². The normalized spacial score (nSPS) is 12.0. The van der Waals surface area contributed by atoms with E-state index in [-0.39, 0.29) is 11.1 Å². The first-order chi connectivity index (χ1) is 9.86. The predicted octanol–water partition coefficient (Wildman–Crippen LogP) is 3.77. The molecule has 4 nitrogen and oxygen atoms in total. The summed E-state index contributed by atoms with van der Waals surface area (Å²) in [7, 11) is 0. The zero-order chi connectivity index (χ0) is 15.2. The molecule has 0 aliphatic rings. The lowest BCUT2D eigenvalue weighted by Crippen LogP contribution is -2.18. The standard InChI is InChI=1S/C16H16BrN3O/c1-16(2,3)10-6-7-18-14(8-10)20-13-5-4-11(17)9-12(13)19-15(20)21/h4-9H,1-3H3,(H,19,21). The predicted molar refractivity (Wildman–Crippen MR) is 88.1 cm³/mol. The fourth-order valence-electron chi connectivity index (χ4n) is 2.32. The Morgan fingerprint density at radius 3 is 2.67 bits per heavy atom. The lowest BCUT2D eigenvalue weighted by molar-refractivity contribution is 0.588. The Morgan fingerprint density at radius 2 is 1.95 bits per heavy atom. The third kappa shape index (κ3) is 2.53. The van der Waals surface area contributed by atoms with Gasteiger partial charge in [-0.05, 0) is 41.3 Å². The molecule has 5 heteroatoms. The number of imidazole rings is 1. The number of aromatic amines is 1. The van der Waals surface area contributed by atoms with Crippen molar-refractivity contribution in [2.75, 3.05) is 0 Å². The van der Waals surface area contributed by atoms with Gasteiger partial charge in [0.25, 0.3) is 0 Å². The van der Waals surface area contributed by atoms with E-state index in [1.165, 1.54) is 0 Å². The smallest absolute Gasteiger partial charge is 0.305 e. The van der Waals surface area contributed by atoms with E-state index in [1.54, 1.807) is 10.8 Å². The highest BCUT2D eigenvalue weighted by Crippen LogP contribution is 2.24. The summed E-state index contributed by atoms with van der Waals surface area (Å²) in [4.78, 5) is 19.5. The van der Waals surface area contributed by atoms with E-state index >= 15 is 0 Å². The van der Waals surface area contributed by atoms with Crippen LogP contribution in [0, 0.1) is 0 Å². The van der Waals surface area contributed by atoms with Crippen LogP contribution in [-0.4, -0.2) is 14.5 Å². The van der Waals surface area contributed by atoms with E-state index in [0.29, 0.717) is 5.82 Å². The number of aromatic nitrogens is 3. The Labute approximate surface area is 131 Å². The molecule has 21 heavy (non-hydrogen) atoms. The lowest BCUT2D eigenvalue weighted by atomic mass is 9.88. The zero-order valence-corrected chi connectivity index (χ0v) is 13.7. The van der Waals surface area contributed by atoms with Gasteiger partial charge < -0.3 is 4.98 Å². The van der Waals surface area contributed by atoms with Crippen LogP contribution in [0.5, 0.6) is 0 Å². The summed E-state index contributed by atoms with van der Waals surface area (Å²) in [6.07, 6.45) is 1.75. The van der Waals surface area contributed by atoms with Crippen LogP contribution in [0.1, 0.15) is 26.3 Å². The number of rotatable bonds is 1. The Bertz CT molecular complexity index is 871. The van der Waals surface area contributed by atoms with Crippen LogP contribution in [0.25, 0.3) is 16.9 Å². The molecule has 0 saturated heterocycles. The van der Waals surface area contributed by atoms with Crippen molar-refractivity contribution in [3.63, 3.8) is 0 Å². The average Bonchev–Trinajstić information content (AvgIpc) is 2.73. The van der Waals surface area contributed by atoms with Crippen molar-refractivity contribution < 1.29 is 0 Å². The SMILES string of the molecule is CC(C)(C)c1ccnc(-n2c(=O)[nH]c3cc(Br)ccc32)c1. The molecule has 3 rings (SSSR count). The van der Waals surface area contributed by atoms with Crippen molar-refractivity contribution in [2.24, 2.45) is 0 Å². The molecule has 0 spiro atoms. The fraction of sp³-hybridized carbons (Fsp3) is 0.250. The van der Waals surface area contributed by atoms with Crippen LogP contribution in [0.4, 0.5) is 0 Å². The van der Waals surface area contributed by atoms with Gasteiger partial charge in [0.2, 0.25) is 0 Å². The van der Waals surface area contributed by atoms with Gasteiger partial charge in [0, 0.05) is 10.7 Å². The first kappa shape index (κ1) is 14.1. The van der Waals surface area contributed by atoms with E-state index < -0.39 is 0 Å². The molecule has 108 valence electrons. The highest BCUT2D eigenvalue weighted by atomic mass is 79.9. The number of H-pyrrole nitrogens is 1. The van der Waals surface area contributed by atoms with Gasteiger partial charge in [-0.3, -0.25) is 0 Å². The Hall–Kier alpha value is -1.88. The first-order valence-corrected chi connectivity index (χ1v) is 7.53. The van der Waals surface area contributed by atoms with Crippen LogP contribution in [0.15, 0.2) is 45.8 Å². The summed E-state index contributed by atoms with van der Waals surface area (Å²) in [6, 6.07) is 9.67. The Kier molecular flexibility index (Phi) is 3.24. The van der Waals surface area contributed by atoms with E-state index in [1.807, 2.05) is 30.3 Å². The second-order valence-corrected chi connectivity index (χ2v) is 7.00. The molecule has 2 heterocycles. The third-order valence-corrected chi connectivity index (χ3v) is 3.98. The minimum absolute atomic E-state index is 0.0104. The molecule has 0 radical (unpaired) electrons. The summed E-state index contributed by atoms with van der Waals surface area (Å²) in [5.41, 5.74) is 2.59. The van der Waals surface area contributed by atoms with E-state index in [4.69, 9.17) is 0 Å². The van der Waals surface area contributed by atoms with Gasteiger partial charge in [-0.2, -0.15) is 0 Å². The van der Waals surface area contributed by atoms with Gasteiger partial charge in [0.05, 0.1) is 11.0 Å². The summed E-state index contributed by atoms with van der Waals surface area (Å²) in [6.45, 7) is 6.42. The van der Waals surface area contributed by atoms with Crippen LogP contribution in [-0.2, 0) is 5.41 Å². The molecular formula is C16H16BrN3O. The molecule has 0 bridgehead atoms. The van der Waals surface area contributed by atoms with Gasteiger partial charge in [0.15, 0.2) is 0 Å². The molecule has 1 N–H and O–H groups in total. The number of benzene rings is 1. The van der Waals surface area contributed by atoms with Gasteiger partial charge in [-0.25, -0.2) is 14.3 Å². The van der Waals surface area contributed by atoms with E-state index in [9.17, 15) is 4.79 Å². The van der Waals surface area contributed by atoms with Gasteiger partial charge in [-0.1, -0.05) is 36.7 Å².